The average Bonchev–Trinajstić information content (AvgIpc) is 3.02. The Morgan fingerprint density at radius 2 is 1.82 bits per heavy atom. The fourth-order valence-corrected chi connectivity index (χ4v) is 3.33. The molecule has 0 bridgehead atoms. The molecule has 0 amide bonds. The zero-order chi connectivity index (χ0) is 15.7. The highest BCUT2D eigenvalue weighted by Gasteiger charge is 2.13. The van der Waals surface area contributed by atoms with Crippen molar-refractivity contribution in [2.24, 2.45) is 0 Å². The van der Waals surface area contributed by atoms with E-state index in [2.05, 4.69) is 0 Å². The van der Waals surface area contributed by atoms with E-state index in [1.54, 1.807) is 11.7 Å². The van der Waals surface area contributed by atoms with Crippen LogP contribution < -0.4 is 16.0 Å². The second-order valence-corrected chi connectivity index (χ2v) is 5.82. The molecule has 2 heterocycles. The Labute approximate surface area is 131 Å². The standard InChI is InChI=1S/C16H16N2O3S/c1-3-17-13-8-9-22-14(13)15(19)18(16(17)20)10-11-4-6-12(21-2)7-5-11/h4-9H,3,10H2,1-2H3. The number of hydrogen-bond acceptors (Lipinski definition) is 4. The van der Waals surface area contributed by atoms with Gasteiger partial charge in [-0.3, -0.25) is 13.9 Å². The molecule has 0 fully saturated rings. The smallest absolute Gasteiger partial charge is 0.331 e. The lowest BCUT2D eigenvalue weighted by Gasteiger charge is -2.10. The molecule has 0 aliphatic rings. The molecular formula is C16H16N2O3S. The first-order valence-corrected chi connectivity index (χ1v) is 7.87. The Morgan fingerprint density at radius 1 is 1.09 bits per heavy atom. The number of hydrogen-bond donors (Lipinski definition) is 0. The maximum atomic E-state index is 12.6. The molecule has 3 aromatic rings. The average molecular weight is 316 g/mol. The van der Waals surface area contributed by atoms with Gasteiger partial charge in [-0.2, -0.15) is 0 Å². The van der Waals surface area contributed by atoms with Crippen LogP contribution >= 0.6 is 11.3 Å². The first kappa shape index (κ1) is 14.6. The molecule has 5 nitrogen and oxygen atoms in total. The second kappa shape index (κ2) is 5.81. The third kappa shape index (κ3) is 2.35. The van der Waals surface area contributed by atoms with Crippen molar-refractivity contribution >= 4 is 21.6 Å². The van der Waals surface area contributed by atoms with Crippen LogP contribution in [-0.2, 0) is 13.1 Å². The summed E-state index contributed by atoms with van der Waals surface area (Å²) < 4.78 is 8.67. The summed E-state index contributed by atoms with van der Waals surface area (Å²) in [5.74, 6) is 0.746. The summed E-state index contributed by atoms with van der Waals surface area (Å²) >= 11 is 1.37. The zero-order valence-corrected chi connectivity index (χ0v) is 13.2. The van der Waals surface area contributed by atoms with E-state index < -0.39 is 0 Å². The second-order valence-electron chi connectivity index (χ2n) is 4.90. The lowest BCUT2D eigenvalue weighted by atomic mass is 10.2. The fourth-order valence-electron chi connectivity index (χ4n) is 2.49. The van der Waals surface area contributed by atoms with E-state index >= 15 is 0 Å². The molecule has 0 aliphatic heterocycles. The Bertz CT molecular complexity index is 919. The molecule has 0 radical (unpaired) electrons. The largest absolute Gasteiger partial charge is 0.497 e. The van der Waals surface area contributed by atoms with Gasteiger partial charge in [0, 0.05) is 6.54 Å². The van der Waals surface area contributed by atoms with Crippen molar-refractivity contribution in [3.63, 3.8) is 0 Å². The van der Waals surface area contributed by atoms with E-state index in [4.69, 9.17) is 4.74 Å². The van der Waals surface area contributed by atoms with E-state index in [0.29, 0.717) is 16.8 Å². The molecule has 114 valence electrons. The molecule has 3 rings (SSSR count). The number of thiophene rings is 1. The first-order chi connectivity index (χ1) is 10.7. The SMILES string of the molecule is CCn1c(=O)n(Cc2ccc(OC)cc2)c(=O)c2sccc21. The summed E-state index contributed by atoms with van der Waals surface area (Å²) in [7, 11) is 1.60. The van der Waals surface area contributed by atoms with Gasteiger partial charge in [-0.05, 0) is 36.1 Å². The maximum Gasteiger partial charge on any atom is 0.331 e. The molecule has 0 saturated heterocycles. The van der Waals surface area contributed by atoms with Gasteiger partial charge in [0.25, 0.3) is 5.56 Å². The Balaban J connectivity index is 2.13. The van der Waals surface area contributed by atoms with E-state index in [1.807, 2.05) is 42.6 Å². The molecule has 0 spiro atoms. The minimum Gasteiger partial charge on any atom is -0.497 e. The van der Waals surface area contributed by atoms with Crippen molar-refractivity contribution in [3.05, 3.63) is 62.1 Å². The molecular weight excluding hydrogens is 300 g/mol. The summed E-state index contributed by atoms with van der Waals surface area (Å²) in [5.41, 5.74) is 1.11. The number of benzene rings is 1. The predicted molar refractivity (Wildman–Crippen MR) is 88.1 cm³/mol. The Morgan fingerprint density at radius 3 is 2.45 bits per heavy atom. The van der Waals surface area contributed by atoms with E-state index in [0.717, 1.165) is 11.3 Å². The third-order valence-corrected chi connectivity index (χ3v) is 4.54. The van der Waals surface area contributed by atoms with Crippen LogP contribution in [0.5, 0.6) is 5.75 Å². The van der Waals surface area contributed by atoms with Crippen LogP contribution in [0.2, 0.25) is 0 Å². The molecule has 0 atom stereocenters. The molecule has 6 heteroatoms. The zero-order valence-electron chi connectivity index (χ0n) is 12.4. The molecule has 0 aliphatic carbocycles. The fraction of sp³-hybridized carbons (Fsp3) is 0.250. The van der Waals surface area contributed by atoms with E-state index in [-0.39, 0.29) is 17.8 Å². The number of aromatic nitrogens is 2. The molecule has 22 heavy (non-hydrogen) atoms. The number of rotatable bonds is 4. The van der Waals surface area contributed by atoms with Crippen LogP contribution in [-0.4, -0.2) is 16.2 Å². The Kier molecular flexibility index (Phi) is 3.85. The van der Waals surface area contributed by atoms with Crippen molar-refractivity contribution in [2.45, 2.75) is 20.0 Å². The number of ether oxygens (including phenoxy) is 1. The van der Waals surface area contributed by atoms with Crippen LogP contribution in [0.25, 0.3) is 10.2 Å². The van der Waals surface area contributed by atoms with Crippen molar-refractivity contribution in [2.75, 3.05) is 7.11 Å². The van der Waals surface area contributed by atoms with E-state index in [1.165, 1.54) is 15.9 Å². The highest BCUT2D eigenvalue weighted by molar-refractivity contribution is 7.17. The number of nitrogens with zero attached hydrogens (tertiary/aromatic N) is 2. The summed E-state index contributed by atoms with van der Waals surface area (Å²) in [5, 5.41) is 1.84. The van der Waals surface area contributed by atoms with Crippen LogP contribution in [0.4, 0.5) is 0 Å². The monoisotopic (exact) mass is 316 g/mol. The lowest BCUT2D eigenvalue weighted by Crippen LogP contribution is -2.39. The first-order valence-electron chi connectivity index (χ1n) is 6.99. The minimum absolute atomic E-state index is 0.226. The third-order valence-electron chi connectivity index (χ3n) is 3.65. The van der Waals surface area contributed by atoms with E-state index in [9.17, 15) is 9.59 Å². The topological polar surface area (TPSA) is 53.2 Å². The van der Waals surface area contributed by atoms with Gasteiger partial charge in [0.15, 0.2) is 0 Å². The Hall–Kier alpha value is -2.34. The van der Waals surface area contributed by atoms with Crippen molar-refractivity contribution in [1.29, 1.82) is 0 Å². The summed E-state index contributed by atoms with van der Waals surface area (Å²) in [6, 6.07) is 9.19. The highest BCUT2D eigenvalue weighted by atomic mass is 32.1. The van der Waals surface area contributed by atoms with Gasteiger partial charge in [-0.1, -0.05) is 12.1 Å². The van der Waals surface area contributed by atoms with Crippen molar-refractivity contribution in [3.8, 4) is 5.75 Å². The number of fused-ring (bicyclic) bond motifs is 1. The molecule has 1 aromatic carbocycles. The quantitative estimate of drug-likeness (QED) is 0.742. The molecule has 0 N–H and O–H groups in total. The molecule has 2 aromatic heterocycles. The maximum absolute atomic E-state index is 12.6. The van der Waals surface area contributed by atoms with Crippen LogP contribution in [0.15, 0.2) is 45.3 Å². The normalized spacial score (nSPS) is 11.0. The van der Waals surface area contributed by atoms with Crippen LogP contribution in [0, 0.1) is 0 Å². The molecule has 0 saturated carbocycles. The van der Waals surface area contributed by atoms with Gasteiger partial charge in [0.2, 0.25) is 0 Å². The van der Waals surface area contributed by atoms with Gasteiger partial charge < -0.3 is 4.74 Å². The van der Waals surface area contributed by atoms with Crippen LogP contribution in [0.3, 0.4) is 0 Å². The van der Waals surface area contributed by atoms with Gasteiger partial charge in [0.05, 0.1) is 19.2 Å². The van der Waals surface area contributed by atoms with Gasteiger partial charge in [0.1, 0.15) is 10.4 Å². The summed E-state index contributed by atoms with van der Waals surface area (Å²) in [4.78, 5) is 25.1. The minimum atomic E-state index is -0.269. The lowest BCUT2D eigenvalue weighted by molar-refractivity contribution is 0.414. The van der Waals surface area contributed by atoms with Gasteiger partial charge in [-0.25, -0.2) is 4.79 Å². The predicted octanol–water partition coefficient (Wildman–Crippen LogP) is 2.30. The number of aryl methyl sites for hydroxylation is 1. The number of methoxy groups -OCH3 is 1. The van der Waals surface area contributed by atoms with Crippen LogP contribution in [0.1, 0.15) is 12.5 Å². The van der Waals surface area contributed by atoms with Crippen molar-refractivity contribution in [1.82, 2.24) is 9.13 Å². The molecule has 0 unspecified atom stereocenters. The van der Waals surface area contributed by atoms with Gasteiger partial charge in [-0.15, -0.1) is 11.3 Å². The highest BCUT2D eigenvalue weighted by Crippen LogP contribution is 2.16. The summed E-state index contributed by atoms with van der Waals surface area (Å²) in [6.07, 6.45) is 0. The van der Waals surface area contributed by atoms with Gasteiger partial charge >= 0.3 is 5.69 Å². The van der Waals surface area contributed by atoms with Crippen molar-refractivity contribution < 1.29 is 4.74 Å². The summed E-state index contributed by atoms with van der Waals surface area (Å²) in [6.45, 7) is 2.70.